The summed E-state index contributed by atoms with van der Waals surface area (Å²) in [6.07, 6.45) is -1.37. The molecule has 0 heterocycles. The molecule has 0 bridgehead atoms. The van der Waals surface area contributed by atoms with Gasteiger partial charge in [0.15, 0.2) is 0 Å². The van der Waals surface area contributed by atoms with Crippen LogP contribution in [0.5, 0.6) is 0 Å². The van der Waals surface area contributed by atoms with Gasteiger partial charge >= 0.3 is 12.3 Å². The highest BCUT2D eigenvalue weighted by Crippen LogP contribution is 2.22. The SMILES string of the molecule is FC(F)C(F)(F)COCCCCCS. The molecule has 0 unspecified atom stereocenters. The Morgan fingerprint density at radius 3 is 2.29 bits per heavy atom. The number of ether oxygens (including phenoxy) is 1. The van der Waals surface area contributed by atoms with Crippen molar-refractivity contribution in [3.05, 3.63) is 0 Å². The average molecular weight is 234 g/mol. The molecule has 0 saturated heterocycles. The molecule has 0 radical (unpaired) electrons. The van der Waals surface area contributed by atoms with Gasteiger partial charge in [-0.15, -0.1) is 0 Å². The second-order valence-electron chi connectivity index (χ2n) is 2.90. The molecule has 0 aliphatic carbocycles. The molecular formula is C8H14F4OS. The molecular weight excluding hydrogens is 220 g/mol. The first-order valence-electron chi connectivity index (χ1n) is 4.35. The van der Waals surface area contributed by atoms with Gasteiger partial charge in [0.1, 0.15) is 6.61 Å². The van der Waals surface area contributed by atoms with Gasteiger partial charge < -0.3 is 4.74 Å². The van der Waals surface area contributed by atoms with E-state index in [2.05, 4.69) is 17.4 Å². The molecule has 0 aromatic carbocycles. The fourth-order valence-electron chi connectivity index (χ4n) is 0.764. The third-order valence-electron chi connectivity index (χ3n) is 1.56. The van der Waals surface area contributed by atoms with Crippen LogP contribution in [0.25, 0.3) is 0 Å². The number of hydrogen-bond donors (Lipinski definition) is 1. The summed E-state index contributed by atoms with van der Waals surface area (Å²) in [4.78, 5) is 0. The topological polar surface area (TPSA) is 9.23 Å². The molecule has 6 heteroatoms. The Kier molecular flexibility index (Phi) is 7.35. The lowest BCUT2D eigenvalue weighted by molar-refractivity contribution is -0.165. The fourth-order valence-corrected chi connectivity index (χ4v) is 0.988. The van der Waals surface area contributed by atoms with E-state index in [9.17, 15) is 17.6 Å². The standard InChI is InChI=1S/C8H14F4OS/c9-7(10)8(11,12)6-13-4-2-1-3-5-14/h7,14H,1-6H2. The van der Waals surface area contributed by atoms with E-state index in [1.807, 2.05) is 0 Å². The zero-order valence-corrected chi connectivity index (χ0v) is 8.58. The Bertz CT molecular complexity index is 143. The first-order valence-corrected chi connectivity index (χ1v) is 4.98. The van der Waals surface area contributed by atoms with Crippen molar-refractivity contribution in [2.75, 3.05) is 19.0 Å². The van der Waals surface area contributed by atoms with Gasteiger partial charge in [0, 0.05) is 6.61 Å². The molecule has 1 nitrogen and oxygen atoms in total. The van der Waals surface area contributed by atoms with Gasteiger partial charge in [0.25, 0.3) is 0 Å². The first-order chi connectivity index (χ1) is 6.50. The molecule has 0 aliphatic heterocycles. The number of unbranched alkanes of at least 4 members (excludes halogenated alkanes) is 2. The van der Waals surface area contributed by atoms with Crippen molar-refractivity contribution in [1.82, 2.24) is 0 Å². The van der Waals surface area contributed by atoms with E-state index in [0.29, 0.717) is 6.42 Å². The second kappa shape index (κ2) is 7.34. The predicted octanol–water partition coefficient (Wildman–Crippen LogP) is 3.00. The van der Waals surface area contributed by atoms with Crippen LogP contribution in [0.4, 0.5) is 17.6 Å². The van der Waals surface area contributed by atoms with E-state index in [1.54, 1.807) is 0 Å². The van der Waals surface area contributed by atoms with Gasteiger partial charge in [-0.1, -0.05) is 6.42 Å². The minimum Gasteiger partial charge on any atom is -0.375 e. The molecule has 14 heavy (non-hydrogen) atoms. The van der Waals surface area contributed by atoms with Crippen molar-refractivity contribution in [3.63, 3.8) is 0 Å². The van der Waals surface area contributed by atoms with Crippen molar-refractivity contribution in [2.45, 2.75) is 31.6 Å². The molecule has 0 aromatic rings. The maximum absolute atomic E-state index is 12.2. The molecule has 86 valence electrons. The predicted molar refractivity (Wildman–Crippen MR) is 49.5 cm³/mol. The minimum atomic E-state index is -4.02. The Morgan fingerprint density at radius 2 is 1.79 bits per heavy atom. The van der Waals surface area contributed by atoms with Gasteiger partial charge in [-0.05, 0) is 18.6 Å². The van der Waals surface area contributed by atoms with Gasteiger partial charge in [0.05, 0.1) is 0 Å². The molecule has 0 aliphatic rings. The number of alkyl halides is 4. The van der Waals surface area contributed by atoms with Crippen LogP contribution in [-0.4, -0.2) is 31.3 Å². The normalized spacial score (nSPS) is 12.4. The number of halogens is 4. The van der Waals surface area contributed by atoms with Crippen molar-refractivity contribution in [2.24, 2.45) is 0 Å². The quantitative estimate of drug-likeness (QED) is 0.386. The molecule has 0 aromatic heterocycles. The van der Waals surface area contributed by atoms with Crippen LogP contribution in [0.1, 0.15) is 19.3 Å². The Morgan fingerprint density at radius 1 is 1.14 bits per heavy atom. The van der Waals surface area contributed by atoms with Crippen molar-refractivity contribution >= 4 is 12.6 Å². The van der Waals surface area contributed by atoms with E-state index in [1.165, 1.54) is 0 Å². The molecule has 0 spiro atoms. The number of hydrogen-bond acceptors (Lipinski definition) is 2. The molecule has 0 rings (SSSR count). The average Bonchev–Trinajstić information content (AvgIpc) is 2.10. The Balaban J connectivity index is 3.35. The van der Waals surface area contributed by atoms with E-state index in [0.717, 1.165) is 18.6 Å². The van der Waals surface area contributed by atoms with E-state index < -0.39 is 19.0 Å². The van der Waals surface area contributed by atoms with Crippen LogP contribution in [-0.2, 0) is 4.74 Å². The summed E-state index contributed by atoms with van der Waals surface area (Å²) in [6, 6.07) is 0. The highest BCUT2D eigenvalue weighted by atomic mass is 32.1. The van der Waals surface area contributed by atoms with Crippen molar-refractivity contribution in [3.8, 4) is 0 Å². The monoisotopic (exact) mass is 234 g/mol. The summed E-state index contributed by atoms with van der Waals surface area (Å²) in [6.45, 7) is -1.11. The highest BCUT2D eigenvalue weighted by Gasteiger charge is 2.40. The number of thiol groups is 1. The van der Waals surface area contributed by atoms with Gasteiger partial charge in [0.2, 0.25) is 0 Å². The van der Waals surface area contributed by atoms with Crippen LogP contribution in [0.15, 0.2) is 0 Å². The molecule has 0 saturated carbocycles. The lowest BCUT2D eigenvalue weighted by Crippen LogP contribution is -2.32. The molecule has 0 atom stereocenters. The van der Waals surface area contributed by atoms with Crippen LogP contribution in [0.2, 0.25) is 0 Å². The largest absolute Gasteiger partial charge is 0.375 e. The summed E-state index contributed by atoms with van der Waals surface area (Å²) >= 11 is 3.96. The number of rotatable bonds is 8. The zero-order valence-electron chi connectivity index (χ0n) is 7.69. The van der Waals surface area contributed by atoms with Crippen LogP contribution < -0.4 is 0 Å². The van der Waals surface area contributed by atoms with Crippen LogP contribution in [0.3, 0.4) is 0 Å². The molecule has 0 N–H and O–H groups in total. The lowest BCUT2D eigenvalue weighted by atomic mass is 10.3. The lowest BCUT2D eigenvalue weighted by Gasteiger charge is -2.14. The third-order valence-corrected chi connectivity index (χ3v) is 1.88. The summed E-state index contributed by atoms with van der Waals surface area (Å²) in [5.41, 5.74) is 0. The second-order valence-corrected chi connectivity index (χ2v) is 3.35. The fraction of sp³-hybridized carbons (Fsp3) is 1.00. The van der Waals surface area contributed by atoms with E-state index in [-0.39, 0.29) is 6.61 Å². The highest BCUT2D eigenvalue weighted by molar-refractivity contribution is 7.80. The maximum Gasteiger partial charge on any atom is 0.330 e. The molecule has 0 fully saturated rings. The van der Waals surface area contributed by atoms with Crippen molar-refractivity contribution < 1.29 is 22.3 Å². The summed E-state index contributed by atoms with van der Waals surface area (Å²) in [5, 5.41) is 0. The maximum atomic E-state index is 12.2. The molecule has 0 amide bonds. The summed E-state index contributed by atoms with van der Waals surface area (Å²) in [7, 11) is 0. The minimum absolute atomic E-state index is 0.0933. The Hall–Kier alpha value is 0.0300. The van der Waals surface area contributed by atoms with Crippen molar-refractivity contribution in [1.29, 1.82) is 0 Å². The van der Waals surface area contributed by atoms with Gasteiger partial charge in [-0.2, -0.15) is 21.4 Å². The van der Waals surface area contributed by atoms with E-state index >= 15 is 0 Å². The van der Waals surface area contributed by atoms with Gasteiger partial charge in [-0.3, -0.25) is 0 Å². The first kappa shape index (κ1) is 14.0. The zero-order chi connectivity index (χ0) is 11.0. The van der Waals surface area contributed by atoms with E-state index in [4.69, 9.17) is 0 Å². The Labute approximate surface area is 86.2 Å². The third kappa shape index (κ3) is 6.48. The van der Waals surface area contributed by atoms with Crippen LogP contribution >= 0.6 is 12.6 Å². The summed E-state index contributed by atoms with van der Waals surface area (Å²) in [5.74, 6) is -3.29. The summed E-state index contributed by atoms with van der Waals surface area (Å²) < 4.78 is 52.1. The smallest absolute Gasteiger partial charge is 0.330 e. The van der Waals surface area contributed by atoms with Crippen LogP contribution in [0, 0.1) is 0 Å². The van der Waals surface area contributed by atoms with Gasteiger partial charge in [-0.25, -0.2) is 8.78 Å².